The molecule has 6 nitrogen and oxygen atoms in total. The van der Waals surface area contributed by atoms with Gasteiger partial charge in [-0.3, -0.25) is 4.79 Å². The average molecular weight is 452 g/mol. The minimum absolute atomic E-state index is 0.0436. The van der Waals surface area contributed by atoms with Gasteiger partial charge in [0.25, 0.3) is 0 Å². The van der Waals surface area contributed by atoms with Crippen LogP contribution in [0.15, 0.2) is 65.7 Å². The fraction of sp³-hybridized carbons (Fsp3) is 0.227. The molecule has 4 aromatic rings. The third-order valence-electron chi connectivity index (χ3n) is 5.48. The summed E-state index contributed by atoms with van der Waals surface area (Å²) in [4.78, 5) is 18.8. The van der Waals surface area contributed by atoms with Crippen molar-refractivity contribution in [2.45, 2.75) is 26.4 Å². The Hall–Kier alpha value is -2.93. The minimum atomic E-state index is -0.0436. The number of halogens is 1. The number of para-hydroxylation sites is 1. The van der Waals surface area contributed by atoms with E-state index in [1.54, 1.807) is 15.9 Å². The molecule has 2 aromatic heterocycles. The molecule has 0 radical (unpaired) electrons. The number of hydrogen-bond donors (Lipinski definition) is 0. The van der Waals surface area contributed by atoms with Gasteiger partial charge in [-0.05, 0) is 53.5 Å². The summed E-state index contributed by atoms with van der Waals surface area (Å²) < 4.78 is 4.82. The first-order valence-corrected chi connectivity index (χ1v) is 10.2. The highest BCUT2D eigenvalue weighted by atomic mass is 79.9. The van der Waals surface area contributed by atoms with E-state index in [2.05, 4.69) is 36.6 Å². The largest absolute Gasteiger partial charge is 0.337 e. The van der Waals surface area contributed by atoms with Crippen molar-refractivity contribution in [3.05, 3.63) is 76.9 Å². The number of carbonyl (C=O) groups excluding carboxylic acids is 1. The topological polar surface area (TPSA) is 56.0 Å². The summed E-state index contributed by atoms with van der Waals surface area (Å²) in [7, 11) is 1.86. The third-order valence-corrected chi connectivity index (χ3v) is 6.48. The van der Waals surface area contributed by atoms with Gasteiger partial charge in [0, 0.05) is 28.1 Å². The van der Waals surface area contributed by atoms with Crippen LogP contribution in [0, 0.1) is 6.92 Å². The highest BCUT2D eigenvalue weighted by molar-refractivity contribution is 9.10. The lowest BCUT2D eigenvalue weighted by Gasteiger charge is -2.26. The van der Waals surface area contributed by atoms with Gasteiger partial charge in [0.2, 0.25) is 5.91 Å². The van der Waals surface area contributed by atoms with Crippen LogP contribution < -0.4 is 0 Å². The van der Waals surface area contributed by atoms with Crippen molar-refractivity contribution in [1.29, 1.82) is 0 Å². The highest BCUT2D eigenvalue weighted by Crippen LogP contribution is 2.31. The molecule has 1 amide bonds. The second-order valence-corrected chi connectivity index (χ2v) is 7.91. The summed E-state index contributed by atoms with van der Waals surface area (Å²) in [5.74, 6) is 0.0641. The predicted molar refractivity (Wildman–Crippen MR) is 117 cm³/mol. The Kier molecular flexibility index (Phi) is 5.24. The summed E-state index contributed by atoms with van der Waals surface area (Å²) in [6, 6.07) is 16.1. The Balaban J connectivity index is 1.53. The van der Waals surface area contributed by atoms with E-state index >= 15 is 0 Å². The summed E-state index contributed by atoms with van der Waals surface area (Å²) in [5, 5.41) is 5.26. The number of rotatable bonds is 5. The number of likely N-dealkylation sites (N-methyl/N-ethyl adjacent to an activating group) is 1. The normalized spacial score (nSPS) is 12.3. The van der Waals surface area contributed by atoms with Crippen LogP contribution in [-0.4, -0.2) is 37.2 Å². The van der Waals surface area contributed by atoms with Gasteiger partial charge in [0.15, 0.2) is 0 Å². The average Bonchev–Trinajstić information content (AvgIpc) is 3.37. The van der Waals surface area contributed by atoms with Crippen LogP contribution in [0.1, 0.15) is 24.2 Å². The lowest BCUT2D eigenvalue weighted by atomic mass is 10.1. The van der Waals surface area contributed by atoms with Crippen LogP contribution in [-0.2, 0) is 11.3 Å². The molecule has 2 heterocycles. The fourth-order valence-electron chi connectivity index (χ4n) is 3.53. The van der Waals surface area contributed by atoms with Crippen molar-refractivity contribution in [2.24, 2.45) is 0 Å². The number of benzene rings is 2. The summed E-state index contributed by atoms with van der Waals surface area (Å²) >= 11 is 3.66. The SMILES string of the molecule is Cc1c(Br)c2ccccc2n1CC(=O)N(C)C(C)c1ccc(-n2cncn2)cc1. The van der Waals surface area contributed by atoms with Crippen LogP contribution in [0.25, 0.3) is 16.6 Å². The van der Waals surface area contributed by atoms with Crippen LogP contribution in [0.4, 0.5) is 0 Å². The predicted octanol–water partition coefficient (Wildman–Crippen LogP) is 4.51. The van der Waals surface area contributed by atoms with Gasteiger partial charge < -0.3 is 9.47 Å². The number of fused-ring (bicyclic) bond motifs is 1. The standard InChI is InChI=1S/C22H22BrN5O/c1-15(17-8-10-18(11-9-17)28-14-24-13-25-28)26(3)21(29)12-27-16(2)22(23)19-6-4-5-7-20(19)27/h4-11,13-15H,12H2,1-3H3. The Morgan fingerprint density at radius 2 is 1.90 bits per heavy atom. The van der Waals surface area contributed by atoms with Gasteiger partial charge in [-0.25, -0.2) is 9.67 Å². The van der Waals surface area contributed by atoms with Crippen molar-refractivity contribution in [3.8, 4) is 5.69 Å². The molecule has 148 valence electrons. The van der Waals surface area contributed by atoms with Crippen molar-refractivity contribution < 1.29 is 4.79 Å². The van der Waals surface area contributed by atoms with Gasteiger partial charge in [-0.1, -0.05) is 30.3 Å². The first-order valence-electron chi connectivity index (χ1n) is 9.41. The second kappa shape index (κ2) is 7.83. The van der Waals surface area contributed by atoms with Crippen molar-refractivity contribution >= 4 is 32.7 Å². The summed E-state index contributed by atoms with van der Waals surface area (Å²) in [5.41, 5.74) is 4.12. The molecule has 4 rings (SSSR count). The van der Waals surface area contributed by atoms with Crippen molar-refractivity contribution in [1.82, 2.24) is 24.2 Å². The van der Waals surface area contributed by atoms with Crippen LogP contribution in [0.2, 0.25) is 0 Å². The van der Waals surface area contributed by atoms with E-state index in [1.807, 2.05) is 63.4 Å². The minimum Gasteiger partial charge on any atom is -0.337 e. The molecule has 0 saturated heterocycles. The second-order valence-electron chi connectivity index (χ2n) is 7.11. The lowest BCUT2D eigenvalue weighted by Crippen LogP contribution is -2.32. The summed E-state index contributed by atoms with van der Waals surface area (Å²) in [6.07, 6.45) is 3.17. The van der Waals surface area contributed by atoms with E-state index in [0.29, 0.717) is 6.54 Å². The van der Waals surface area contributed by atoms with Gasteiger partial charge >= 0.3 is 0 Å². The zero-order chi connectivity index (χ0) is 20.5. The van der Waals surface area contributed by atoms with Crippen molar-refractivity contribution in [3.63, 3.8) is 0 Å². The maximum Gasteiger partial charge on any atom is 0.242 e. The molecule has 7 heteroatoms. The molecule has 0 aliphatic heterocycles. The van der Waals surface area contributed by atoms with Gasteiger partial charge in [-0.2, -0.15) is 5.10 Å². The van der Waals surface area contributed by atoms with E-state index in [9.17, 15) is 4.79 Å². The van der Waals surface area contributed by atoms with E-state index in [0.717, 1.165) is 32.3 Å². The Morgan fingerprint density at radius 1 is 1.17 bits per heavy atom. The molecule has 0 saturated carbocycles. The first kappa shape index (κ1) is 19.4. The van der Waals surface area contributed by atoms with Crippen LogP contribution >= 0.6 is 15.9 Å². The Labute approximate surface area is 177 Å². The van der Waals surface area contributed by atoms with Gasteiger partial charge in [0.1, 0.15) is 19.2 Å². The molecular formula is C22H22BrN5O. The molecule has 2 aromatic carbocycles. The molecule has 0 spiro atoms. The molecule has 0 fully saturated rings. The smallest absolute Gasteiger partial charge is 0.242 e. The van der Waals surface area contributed by atoms with Gasteiger partial charge in [-0.15, -0.1) is 0 Å². The van der Waals surface area contributed by atoms with E-state index in [-0.39, 0.29) is 11.9 Å². The number of nitrogens with zero attached hydrogens (tertiary/aromatic N) is 5. The molecule has 0 aliphatic rings. The maximum atomic E-state index is 13.1. The quantitative estimate of drug-likeness (QED) is 0.448. The molecule has 1 atom stereocenters. The highest BCUT2D eigenvalue weighted by Gasteiger charge is 2.20. The van der Waals surface area contributed by atoms with Crippen molar-refractivity contribution in [2.75, 3.05) is 7.05 Å². The first-order chi connectivity index (χ1) is 14.0. The monoisotopic (exact) mass is 451 g/mol. The van der Waals surface area contributed by atoms with E-state index in [1.165, 1.54) is 6.33 Å². The molecule has 0 bridgehead atoms. The zero-order valence-electron chi connectivity index (χ0n) is 16.6. The number of hydrogen-bond acceptors (Lipinski definition) is 3. The maximum absolute atomic E-state index is 13.1. The molecule has 0 aliphatic carbocycles. The molecular weight excluding hydrogens is 430 g/mol. The van der Waals surface area contributed by atoms with Crippen LogP contribution in [0.5, 0.6) is 0 Å². The number of aromatic nitrogens is 4. The Morgan fingerprint density at radius 3 is 2.59 bits per heavy atom. The summed E-state index contributed by atoms with van der Waals surface area (Å²) in [6.45, 7) is 4.37. The zero-order valence-corrected chi connectivity index (χ0v) is 18.2. The van der Waals surface area contributed by atoms with Crippen LogP contribution in [0.3, 0.4) is 0 Å². The third kappa shape index (κ3) is 3.58. The van der Waals surface area contributed by atoms with E-state index in [4.69, 9.17) is 0 Å². The van der Waals surface area contributed by atoms with E-state index < -0.39 is 0 Å². The molecule has 29 heavy (non-hydrogen) atoms. The molecule has 1 unspecified atom stereocenters. The Bertz CT molecular complexity index is 1150. The van der Waals surface area contributed by atoms with Gasteiger partial charge in [0.05, 0.1) is 11.7 Å². The number of amides is 1. The molecule has 0 N–H and O–H groups in total. The lowest BCUT2D eigenvalue weighted by molar-refractivity contribution is -0.132. The number of carbonyl (C=O) groups is 1. The fourth-order valence-corrected chi connectivity index (χ4v) is 4.08.